The summed E-state index contributed by atoms with van der Waals surface area (Å²) in [5.41, 5.74) is 6.77. The molecule has 2 N–H and O–H groups in total. The maximum atomic E-state index is 12.0. The molecule has 1 atom stereocenters. The lowest BCUT2D eigenvalue weighted by atomic mass is 9.96. The Bertz CT molecular complexity index is 494. The highest BCUT2D eigenvalue weighted by molar-refractivity contribution is 7.99. The Morgan fingerprint density at radius 2 is 2.17 bits per heavy atom. The Balaban J connectivity index is 1.89. The smallest absolute Gasteiger partial charge is 0.346 e. The van der Waals surface area contributed by atoms with E-state index < -0.39 is 0 Å². The minimum absolute atomic E-state index is 0.196. The highest BCUT2D eigenvalue weighted by Crippen LogP contribution is 2.38. The van der Waals surface area contributed by atoms with Gasteiger partial charge in [-0.1, -0.05) is 30.3 Å². The molecule has 1 spiro atoms. The van der Waals surface area contributed by atoms with Gasteiger partial charge in [-0.2, -0.15) is 16.8 Å². The van der Waals surface area contributed by atoms with Crippen LogP contribution < -0.4 is 5.73 Å². The molecule has 1 aromatic rings. The van der Waals surface area contributed by atoms with Gasteiger partial charge in [-0.3, -0.25) is 0 Å². The van der Waals surface area contributed by atoms with Crippen molar-refractivity contribution in [2.24, 2.45) is 10.7 Å². The first-order valence-electron chi connectivity index (χ1n) is 6.00. The number of nitrogens with zero attached hydrogens (tertiary/aromatic N) is 2. The number of thioether (sulfide) groups is 1. The van der Waals surface area contributed by atoms with Crippen LogP contribution >= 0.6 is 11.8 Å². The zero-order valence-electron chi connectivity index (χ0n) is 10.0. The van der Waals surface area contributed by atoms with E-state index in [4.69, 9.17) is 5.73 Å². The summed E-state index contributed by atoms with van der Waals surface area (Å²) in [5, 5.41) is 0. The van der Waals surface area contributed by atoms with E-state index in [1.165, 1.54) is 0 Å². The number of hydrogen-bond acceptors (Lipinski definition) is 3. The lowest BCUT2D eigenvalue weighted by Crippen LogP contribution is -2.53. The molecule has 1 aromatic carbocycles. The molecule has 0 aliphatic carbocycles. The van der Waals surface area contributed by atoms with Gasteiger partial charge in [0.2, 0.25) is 0 Å². The first kappa shape index (κ1) is 11.6. The van der Waals surface area contributed by atoms with E-state index >= 15 is 0 Å². The summed E-state index contributed by atoms with van der Waals surface area (Å²) >= 11 is 1.84. The molecule has 18 heavy (non-hydrogen) atoms. The zero-order valence-corrected chi connectivity index (χ0v) is 10.8. The summed E-state index contributed by atoms with van der Waals surface area (Å²) in [6.45, 7) is 0.588. The molecule has 2 aliphatic rings. The van der Waals surface area contributed by atoms with Crippen LogP contribution in [0.2, 0.25) is 0 Å². The average molecular weight is 261 g/mol. The number of amidine groups is 1. The maximum Gasteiger partial charge on any atom is 0.346 e. The molecule has 5 heteroatoms. The highest BCUT2D eigenvalue weighted by Gasteiger charge is 2.50. The molecule has 1 fully saturated rings. The predicted molar refractivity (Wildman–Crippen MR) is 73.7 cm³/mol. The van der Waals surface area contributed by atoms with Gasteiger partial charge in [-0.05, 0) is 17.7 Å². The zero-order chi connectivity index (χ0) is 12.6. The molecule has 2 heterocycles. The normalized spacial score (nSPS) is 27.0. The molecule has 94 valence electrons. The van der Waals surface area contributed by atoms with E-state index in [2.05, 4.69) is 4.99 Å². The molecular weight excluding hydrogens is 246 g/mol. The number of nitrogens with two attached hydrogens (primary N) is 1. The van der Waals surface area contributed by atoms with Crippen molar-refractivity contribution in [1.29, 1.82) is 0 Å². The molecular formula is C13H15N3OS. The minimum Gasteiger partial charge on any atom is -0.385 e. The fourth-order valence-corrected chi connectivity index (χ4v) is 3.95. The van der Waals surface area contributed by atoms with E-state index in [9.17, 15) is 4.79 Å². The van der Waals surface area contributed by atoms with Crippen LogP contribution in [0, 0.1) is 0 Å². The van der Waals surface area contributed by atoms with E-state index in [1.807, 2.05) is 47.0 Å². The van der Waals surface area contributed by atoms with Crippen molar-refractivity contribution in [2.45, 2.75) is 18.5 Å². The number of benzene rings is 1. The van der Waals surface area contributed by atoms with Crippen molar-refractivity contribution in [1.82, 2.24) is 4.90 Å². The maximum absolute atomic E-state index is 12.0. The predicted octanol–water partition coefficient (Wildman–Crippen LogP) is 1.86. The molecule has 0 saturated carbocycles. The fraction of sp³-hybridized carbons (Fsp3) is 0.385. The van der Waals surface area contributed by atoms with Crippen LogP contribution in [-0.2, 0) is 6.54 Å². The Morgan fingerprint density at radius 3 is 2.83 bits per heavy atom. The second kappa shape index (κ2) is 4.31. The van der Waals surface area contributed by atoms with Crippen molar-refractivity contribution < 1.29 is 4.79 Å². The number of carbonyl (C=O) groups is 1. The summed E-state index contributed by atoms with van der Waals surface area (Å²) in [6.07, 6.45) is 0.908. The van der Waals surface area contributed by atoms with E-state index in [-0.39, 0.29) is 11.6 Å². The standard InChI is InChI=1S/C13H15N3OS/c14-11-13(6-7-18-9-13)16(12(17)15-11)8-10-4-2-1-3-5-10/h1-5H,6-9H2,(H2,14,15,17). The van der Waals surface area contributed by atoms with Crippen LogP contribution in [0.5, 0.6) is 0 Å². The van der Waals surface area contributed by atoms with Crippen LogP contribution in [0.25, 0.3) is 0 Å². The highest BCUT2D eigenvalue weighted by atomic mass is 32.2. The third-order valence-corrected chi connectivity index (χ3v) is 4.80. The van der Waals surface area contributed by atoms with Crippen LogP contribution in [0.4, 0.5) is 4.79 Å². The Hall–Kier alpha value is -1.49. The van der Waals surface area contributed by atoms with Crippen LogP contribution in [0.3, 0.4) is 0 Å². The molecule has 0 radical (unpaired) electrons. The second-order valence-electron chi connectivity index (χ2n) is 4.69. The molecule has 1 unspecified atom stereocenters. The molecule has 0 aromatic heterocycles. The number of aliphatic imine (C=N–C) groups is 1. The largest absolute Gasteiger partial charge is 0.385 e. The second-order valence-corrected chi connectivity index (χ2v) is 5.79. The SMILES string of the molecule is NC1=NC(=O)N(Cc2ccccc2)C12CCSC2. The van der Waals surface area contributed by atoms with Gasteiger partial charge >= 0.3 is 6.03 Å². The first-order valence-corrected chi connectivity index (χ1v) is 7.16. The van der Waals surface area contributed by atoms with Crippen LogP contribution in [0.15, 0.2) is 35.3 Å². The molecule has 1 saturated heterocycles. The molecule has 4 nitrogen and oxygen atoms in total. The van der Waals surface area contributed by atoms with Crippen molar-refractivity contribution in [3.05, 3.63) is 35.9 Å². The molecule has 2 aliphatic heterocycles. The summed E-state index contributed by atoms with van der Waals surface area (Å²) in [6, 6.07) is 9.79. The minimum atomic E-state index is -0.336. The third-order valence-electron chi connectivity index (χ3n) is 3.62. The molecule has 3 rings (SSSR count). The summed E-state index contributed by atoms with van der Waals surface area (Å²) in [5.74, 6) is 2.39. The van der Waals surface area contributed by atoms with Gasteiger partial charge in [0, 0.05) is 12.3 Å². The monoisotopic (exact) mass is 261 g/mol. The van der Waals surface area contributed by atoms with Crippen LogP contribution in [-0.4, -0.2) is 33.8 Å². The number of urea groups is 1. The van der Waals surface area contributed by atoms with Crippen molar-refractivity contribution in [3.8, 4) is 0 Å². The van der Waals surface area contributed by atoms with Gasteiger partial charge in [-0.25, -0.2) is 4.79 Å². The first-order chi connectivity index (χ1) is 8.72. The number of rotatable bonds is 2. The lowest BCUT2D eigenvalue weighted by Gasteiger charge is -2.33. The summed E-state index contributed by atoms with van der Waals surface area (Å²) in [7, 11) is 0. The molecule has 2 amide bonds. The van der Waals surface area contributed by atoms with Gasteiger partial charge < -0.3 is 10.6 Å². The van der Waals surface area contributed by atoms with E-state index in [0.717, 1.165) is 23.5 Å². The number of hydrogen-bond donors (Lipinski definition) is 1. The van der Waals surface area contributed by atoms with E-state index in [0.29, 0.717) is 12.4 Å². The van der Waals surface area contributed by atoms with Gasteiger partial charge in [0.15, 0.2) is 0 Å². The fourth-order valence-electron chi connectivity index (χ4n) is 2.54. The summed E-state index contributed by atoms with van der Waals surface area (Å²) in [4.78, 5) is 17.8. The van der Waals surface area contributed by atoms with Gasteiger partial charge in [-0.15, -0.1) is 0 Å². The number of carbonyl (C=O) groups excluding carboxylic acids is 1. The van der Waals surface area contributed by atoms with Gasteiger partial charge in [0.25, 0.3) is 0 Å². The summed E-state index contributed by atoms with van der Waals surface area (Å²) < 4.78 is 0. The quantitative estimate of drug-likeness (QED) is 0.884. The Labute approximate surface area is 110 Å². The Kier molecular flexibility index (Phi) is 2.78. The Morgan fingerprint density at radius 1 is 1.39 bits per heavy atom. The van der Waals surface area contributed by atoms with Gasteiger partial charge in [0.05, 0.1) is 0 Å². The third kappa shape index (κ3) is 1.70. The van der Waals surface area contributed by atoms with Crippen molar-refractivity contribution >= 4 is 23.6 Å². The topological polar surface area (TPSA) is 58.7 Å². The lowest BCUT2D eigenvalue weighted by molar-refractivity contribution is 0.176. The average Bonchev–Trinajstić information content (AvgIpc) is 2.94. The van der Waals surface area contributed by atoms with Crippen molar-refractivity contribution in [2.75, 3.05) is 11.5 Å². The number of amides is 2. The van der Waals surface area contributed by atoms with Gasteiger partial charge in [0.1, 0.15) is 11.4 Å². The van der Waals surface area contributed by atoms with E-state index in [1.54, 1.807) is 0 Å². The van der Waals surface area contributed by atoms with Crippen LogP contribution in [0.1, 0.15) is 12.0 Å². The molecule has 0 bridgehead atoms. The van der Waals surface area contributed by atoms with Crippen molar-refractivity contribution in [3.63, 3.8) is 0 Å².